The van der Waals surface area contributed by atoms with Crippen LogP contribution in [0.5, 0.6) is 0 Å². The van der Waals surface area contributed by atoms with E-state index in [4.69, 9.17) is 0 Å². The van der Waals surface area contributed by atoms with E-state index in [1.807, 2.05) is 20.2 Å². The predicted molar refractivity (Wildman–Crippen MR) is 87.7 cm³/mol. The van der Waals surface area contributed by atoms with Gasteiger partial charge in [-0.3, -0.25) is 0 Å². The molecule has 4 heteroatoms. The molecular formula is C16H17N3S. The number of benzene rings is 2. The van der Waals surface area contributed by atoms with Gasteiger partial charge in [0, 0.05) is 25.5 Å². The lowest BCUT2D eigenvalue weighted by Crippen LogP contribution is -2.09. The molecule has 0 amide bonds. The molecule has 20 heavy (non-hydrogen) atoms. The molecule has 3 rings (SSSR count). The third kappa shape index (κ3) is 2.75. The van der Waals surface area contributed by atoms with Gasteiger partial charge in [0.2, 0.25) is 0 Å². The van der Waals surface area contributed by atoms with E-state index >= 15 is 0 Å². The normalized spacial score (nSPS) is 10.7. The molecule has 1 N–H and O–H groups in total. The summed E-state index contributed by atoms with van der Waals surface area (Å²) in [5, 5.41) is 4.55. The Balaban J connectivity index is 1.74. The Morgan fingerprint density at radius 1 is 1.10 bits per heavy atom. The molecule has 1 heterocycles. The zero-order valence-electron chi connectivity index (χ0n) is 11.6. The molecular weight excluding hydrogens is 266 g/mol. The zero-order chi connectivity index (χ0) is 13.9. The van der Waals surface area contributed by atoms with Crippen molar-refractivity contribution in [3.63, 3.8) is 0 Å². The number of anilines is 2. The van der Waals surface area contributed by atoms with Gasteiger partial charge >= 0.3 is 0 Å². The Bertz CT molecular complexity index is 685. The molecule has 3 aromatic rings. The Morgan fingerprint density at radius 3 is 2.75 bits per heavy atom. The van der Waals surface area contributed by atoms with E-state index in [0.29, 0.717) is 0 Å². The number of fused-ring (bicyclic) bond motifs is 1. The van der Waals surface area contributed by atoms with E-state index < -0.39 is 0 Å². The molecule has 0 saturated carbocycles. The monoisotopic (exact) mass is 283 g/mol. The third-order valence-electron chi connectivity index (χ3n) is 3.14. The molecule has 3 nitrogen and oxygen atoms in total. The van der Waals surface area contributed by atoms with Gasteiger partial charge in [0.1, 0.15) is 5.01 Å². The van der Waals surface area contributed by atoms with Crippen molar-refractivity contribution < 1.29 is 0 Å². The Labute approximate surface area is 122 Å². The van der Waals surface area contributed by atoms with Crippen molar-refractivity contribution in [3.8, 4) is 0 Å². The van der Waals surface area contributed by atoms with Gasteiger partial charge in [-0.2, -0.15) is 0 Å². The Kier molecular flexibility index (Phi) is 3.56. The average Bonchev–Trinajstić information content (AvgIpc) is 2.88. The molecule has 0 aliphatic heterocycles. The lowest BCUT2D eigenvalue weighted by atomic mass is 10.2. The maximum absolute atomic E-state index is 4.63. The summed E-state index contributed by atoms with van der Waals surface area (Å²) in [4.78, 5) is 6.73. The van der Waals surface area contributed by atoms with Crippen molar-refractivity contribution in [2.24, 2.45) is 0 Å². The summed E-state index contributed by atoms with van der Waals surface area (Å²) in [5.74, 6) is 0. The van der Waals surface area contributed by atoms with E-state index in [0.717, 1.165) is 22.8 Å². The lowest BCUT2D eigenvalue weighted by Gasteiger charge is -2.14. The molecule has 0 radical (unpaired) electrons. The van der Waals surface area contributed by atoms with E-state index in [1.165, 1.54) is 10.4 Å². The summed E-state index contributed by atoms with van der Waals surface area (Å²) in [5.41, 5.74) is 3.39. The second kappa shape index (κ2) is 5.51. The fourth-order valence-electron chi connectivity index (χ4n) is 2.07. The number of hydrogen-bond acceptors (Lipinski definition) is 4. The fraction of sp³-hybridized carbons (Fsp3) is 0.188. The van der Waals surface area contributed by atoms with Gasteiger partial charge < -0.3 is 10.2 Å². The highest BCUT2D eigenvalue weighted by Crippen LogP contribution is 2.23. The van der Waals surface area contributed by atoms with Crippen LogP contribution < -0.4 is 10.2 Å². The van der Waals surface area contributed by atoms with Gasteiger partial charge in [-0.1, -0.05) is 18.2 Å². The number of rotatable bonds is 4. The fourth-order valence-corrected chi connectivity index (χ4v) is 2.97. The topological polar surface area (TPSA) is 28.2 Å². The number of thiazole rings is 1. The highest BCUT2D eigenvalue weighted by Gasteiger charge is 2.03. The molecule has 1 aromatic heterocycles. The summed E-state index contributed by atoms with van der Waals surface area (Å²) in [6, 6.07) is 16.6. The first-order chi connectivity index (χ1) is 9.72. The van der Waals surface area contributed by atoms with Crippen molar-refractivity contribution in [2.75, 3.05) is 24.3 Å². The molecule has 0 aliphatic rings. The second-order valence-electron chi connectivity index (χ2n) is 4.87. The minimum absolute atomic E-state index is 0.760. The smallest absolute Gasteiger partial charge is 0.113 e. The molecule has 0 spiro atoms. The van der Waals surface area contributed by atoms with Crippen LogP contribution in [0.2, 0.25) is 0 Å². The first kappa shape index (κ1) is 12.9. The Hall–Kier alpha value is -2.07. The summed E-state index contributed by atoms with van der Waals surface area (Å²) < 4.78 is 1.24. The van der Waals surface area contributed by atoms with Crippen molar-refractivity contribution in [1.82, 2.24) is 4.98 Å². The number of nitrogens with one attached hydrogen (secondary N) is 1. The van der Waals surface area contributed by atoms with Crippen LogP contribution in [0.1, 0.15) is 5.01 Å². The van der Waals surface area contributed by atoms with Crippen LogP contribution in [0.25, 0.3) is 10.2 Å². The first-order valence-corrected chi connectivity index (χ1v) is 7.40. The van der Waals surface area contributed by atoms with Crippen LogP contribution in [0.4, 0.5) is 11.4 Å². The van der Waals surface area contributed by atoms with E-state index in [1.54, 1.807) is 11.3 Å². The quantitative estimate of drug-likeness (QED) is 0.785. The minimum atomic E-state index is 0.760. The highest BCUT2D eigenvalue weighted by molar-refractivity contribution is 7.18. The Morgan fingerprint density at radius 2 is 1.95 bits per heavy atom. The van der Waals surface area contributed by atoms with E-state index in [2.05, 4.69) is 57.7 Å². The number of nitrogens with zero attached hydrogens (tertiary/aromatic N) is 2. The van der Waals surface area contributed by atoms with Crippen molar-refractivity contribution in [3.05, 3.63) is 53.5 Å². The molecule has 0 bridgehead atoms. The maximum atomic E-state index is 4.63. The first-order valence-electron chi connectivity index (χ1n) is 6.58. The minimum Gasteiger partial charge on any atom is -0.378 e. The summed E-state index contributed by atoms with van der Waals surface area (Å²) in [7, 11) is 4.10. The van der Waals surface area contributed by atoms with Crippen LogP contribution in [-0.4, -0.2) is 19.1 Å². The third-order valence-corrected chi connectivity index (χ3v) is 4.18. The van der Waals surface area contributed by atoms with Crippen LogP contribution in [0, 0.1) is 0 Å². The molecule has 2 aromatic carbocycles. The maximum Gasteiger partial charge on any atom is 0.113 e. The van der Waals surface area contributed by atoms with Gasteiger partial charge in [-0.15, -0.1) is 11.3 Å². The summed E-state index contributed by atoms with van der Waals surface area (Å²) in [6.45, 7) is 0.760. The molecule has 0 unspecified atom stereocenters. The average molecular weight is 283 g/mol. The number of para-hydroxylation sites is 1. The van der Waals surface area contributed by atoms with Gasteiger partial charge in [-0.25, -0.2) is 4.98 Å². The van der Waals surface area contributed by atoms with Crippen molar-refractivity contribution in [1.29, 1.82) is 0 Å². The number of hydrogen-bond donors (Lipinski definition) is 1. The van der Waals surface area contributed by atoms with Crippen LogP contribution in [0.15, 0.2) is 48.5 Å². The number of aromatic nitrogens is 1. The van der Waals surface area contributed by atoms with Crippen LogP contribution in [0.3, 0.4) is 0 Å². The lowest BCUT2D eigenvalue weighted by molar-refractivity contribution is 1.10. The largest absolute Gasteiger partial charge is 0.378 e. The second-order valence-corrected chi connectivity index (χ2v) is 5.99. The van der Waals surface area contributed by atoms with Crippen molar-refractivity contribution >= 4 is 32.9 Å². The molecule has 102 valence electrons. The highest BCUT2D eigenvalue weighted by atomic mass is 32.1. The van der Waals surface area contributed by atoms with Gasteiger partial charge in [-0.05, 0) is 30.3 Å². The molecule has 0 saturated heterocycles. The van der Waals surface area contributed by atoms with Gasteiger partial charge in [0.05, 0.1) is 16.8 Å². The summed E-state index contributed by atoms with van der Waals surface area (Å²) in [6.07, 6.45) is 0. The van der Waals surface area contributed by atoms with E-state index in [-0.39, 0.29) is 0 Å². The van der Waals surface area contributed by atoms with Crippen LogP contribution in [-0.2, 0) is 6.54 Å². The summed E-state index contributed by atoms with van der Waals surface area (Å²) >= 11 is 1.74. The van der Waals surface area contributed by atoms with Gasteiger partial charge in [0.15, 0.2) is 0 Å². The van der Waals surface area contributed by atoms with Gasteiger partial charge in [0.25, 0.3) is 0 Å². The molecule has 0 atom stereocenters. The van der Waals surface area contributed by atoms with E-state index in [9.17, 15) is 0 Å². The van der Waals surface area contributed by atoms with Crippen LogP contribution >= 0.6 is 11.3 Å². The SMILES string of the molecule is CN(C)c1cccc(NCc2nc3ccccc3s2)c1. The zero-order valence-corrected chi connectivity index (χ0v) is 12.4. The van der Waals surface area contributed by atoms with Crippen molar-refractivity contribution in [2.45, 2.75) is 6.54 Å². The molecule has 0 fully saturated rings. The standard InChI is InChI=1S/C16H17N3S/c1-19(2)13-7-5-6-12(10-13)17-11-16-18-14-8-3-4-9-15(14)20-16/h3-10,17H,11H2,1-2H3. The molecule has 0 aliphatic carbocycles. The predicted octanol–water partition coefficient (Wildman–Crippen LogP) is 3.97.